The van der Waals surface area contributed by atoms with Crippen molar-refractivity contribution in [3.05, 3.63) is 0 Å². The normalized spacial score (nSPS) is 31.8. The number of piperazine rings is 1. The van der Waals surface area contributed by atoms with Gasteiger partial charge in [-0.3, -0.25) is 4.79 Å². The van der Waals surface area contributed by atoms with E-state index in [2.05, 4.69) is 5.32 Å². The van der Waals surface area contributed by atoms with Gasteiger partial charge in [-0.25, -0.2) is 0 Å². The highest BCUT2D eigenvalue weighted by molar-refractivity contribution is 6.04. The Morgan fingerprint density at radius 2 is 2.50 bits per heavy atom. The number of carboxylic acid groups (broad SMARTS) is 1. The molecule has 4 nitrogen and oxygen atoms in total. The molecular weight excluding hydrogens is 155 g/mol. The lowest BCUT2D eigenvalue weighted by molar-refractivity contribution is -0.138. The van der Waals surface area contributed by atoms with E-state index in [1.165, 1.54) is 0 Å². The molecule has 0 aromatic heterocycles. The molecule has 1 aliphatic rings. The van der Waals surface area contributed by atoms with Gasteiger partial charge in [-0.2, -0.15) is 0 Å². The highest BCUT2D eigenvalue weighted by Crippen LogP contribution is 2.06. The summed E-state index contributed by atoms with van der Waals surface area (Å²) in [5, 5.41) is 11.7. The summed E-state index contributed by atoms with van der Waals surface area (Å²) in [6.45, 7) is 3.39. The zero-order valence-corrected chi connectivity index (χ0v) is 7.16. The van der Waals surface area contributed by atoms with Crippen LogP contribution >= 0.6 is 0 Å². The molecule has 0 aromatic rings. The molecule has 1 saturated heterocycles. The molecule has 0 bridgehead atoms. The average Bonchev–Trinajstić information content (AvgIpc) is 1.94. The number of aliphatic carboxylic acids is 1. The molecule has 0 amide bonds. The van der Waals surface area contributed by atoms with Crippen LogP contribution in [0.4, 0.5) is 0 Å². The molecule has 1 heterocycles. The van der Waals surface area contributed by atoms with Gasteiger partial charge in [0, 0.05) is 25.2 Å². The van der Waals surface area contributed by atoms with Crippen LogP contribution in [-0.2, 0) is 4.79 Å². The van der Waals surface area contributed by atoms with E-state index in [1.807, 2.05) is 6.92 Å². The van der Waals surface area contributed by atoms with E-state index >= 15 is 0 Å². The van der Waals surface area contributed by atoms with Crippen LogP contribution in [0.15, 0.2) is 0 Å². The SMILES string of the molecule is [B]N1CC(C)NCC1CC(=O)O. The predicted molar refractivity (Wildman–Crippen MR) is 46.0 cm³/mol. The van der Waals surface area contributed by atoms with E-state index in [4.69, 9.17) is 13.1 Å². The fourth-order valence-corrected chi connectivity index (χ4v) is 1.38. The van der Waals surface area contributed by atoms with Crippen molar-refractivity contribution in [2.24, 2.45) is 0 Å². The van der Waals surface area contributed by atoms with Crippen LogP contribution in [0.2, 0.25) is 0 Å². The summed E-state index contributed by atoms with van der Waals surface area (Å²) in [6.07, 6.45) is 0.107. The molecule has 66 valence electrons. The van der Waals surface area contributed by atoms with E-state index in [-0.39, 0.29) is 12.5 Å². The number of nitrogens with one attached hydrogen (secondary N) is 1. The predicted octanol–water partition coefficient (Wildman–Crippen LogP) is -0.793. The molecule has 1 fully saturated rings. The van der Waals surface area contributed by atoms with Crippen molar-refractivity contribution in [2.45, 2.75) is 25.4 Å². The average molecular weight is 168 g/mol. The highest BCUT2D eigenvalue weighted by Gasteiger charge is 2.23. The summed E-state index contributed by atoms with van der Waals surface area (Å²) >= 11 is 0. The van der Waals surface area contributed by atoms with Gasteiger partial charge in [-0.1, -0.05) is 0 Å². The van der Waals surface area contributed by atoms with Gasteiger partial charge in [0.15, 0.2) is 7.98 Å². The number of carboxylic acids is 1. The van der Waals surface area contributed by atoms with Gasteiger partial charge in [0.2, 0.25) is 0 Å². The van der Waals surface area contributed by atoms with Crippen molar-refractivity contribution < 1.29 is 9.90 Å². The van der Waals surface area contributed by atoms with Crippen molar-refractivity contribution in [3.63, 3.8) is 0 Å². The Morgan fingerprint density at radius 1 is 1.83 bits per heavy atom. The van der Waals surface area contributed by atoms with Gasteiger partial charge in [0.1, 0.15) is 0 Å². The molecule has 1 rings (SSSR count). The Morgan fingerprint density at radius 3 is 3.00 bits per heavy atom. The molecule has 1 aliphatic heterocycles. The van der Waals surface area contributed by atoms with Crippen LogP contribution in [0, 0.1) is 0 Å². The van der Waals surface area contributed by atoms with Gasteiger partial charge in [-0.15, -0.1) is 0 Å². The van der Waals surface area contributed by atoms with Crippen molar-refractivity contribution in [3.8, 4) is 0 Å². The van der Waals surface area contributed by atoms with E-state index in [0.717, 1.165) is 0 Å². The lowest BCUT2D eigenvalue weighted by Crippen LogP contribution is -2.54. The summed E-state index contributed by atoms with van der Waals surface area (Å²) in [4.78, 5) is 12.0. The molecular formula is C7H13BN2O2. The summed E-state index contributed by atoms with van der Waals surface area (Å²) in [5.74, 6) is -0.799. The fourth-order valence-electron chi connectivity index (χ4n) is 1.38. The van der Waals surface area contributed by atoms with Crippen LogP contribution in [-0.4, -0.2) is 49.0 Å². The monoisotopic (exact) mass is 168 g/mol. The van der Waals surface area contributed by atoms with Gasteiger partial charge < -0.3 is 15.2 Å². The van der Waals surface area contributed by atoms with E-state index in [1.54, 1.807) is 4.81 Å². The number of hydrogen-bond acceptors (Lipinski definition) is 3. The van der Waals surface area contributed by atoms with E-state index in [9.17, 15) is 4.79 Å². The zero-order valence-electron chi connectivity index (χ0n) is 7.16. The molecule has 0 saturated carbocycles. The van der Waals surface area contributed by atoms with Crippen LogP contribution in [0.5, 0.6) is 0 Å². The largest absolute Gasteiger partial charge is 0.481 e. The molecule has 2 unspecified atom stereocenters. The van der Waals surface area contributed by atoms with Crippen molar-refractivity contribution in [1.29, 1.82) is 0 Å². The third kappa shape index (κ3) is 2.50. The standard InChI is InChI=1S/C7H13BN2O2/c1-5-4-10(8)6(3-9-5)2-7(11)12/h5-6,9H,2-4H2,1H3,(H,11,12). The third-order valence-electron chi connectivity index (χ3n) is 2.07. The highest BCUT2D eigenvalue weighted by atomic mass is 16.4. The summed E-state index contributed by atoms with van der Waals surface area (Å²) in [7, 11) is 5.65. The molecule has 0 aromatic carbocycles. The maximum Gasteiger partial charge on any atom is 0.304 e. The Hall–Kier alpha value is -0.545. The number of nitrogens with zero attached hydrogens (tertiary/aromatic N) is 1. The molecule has 5 heteroatoms. The fraction of sp³-hybridized carbons (Fsp3) is 0.857. The number of rotatable bonds is 2. The Kier molecular flexibility index (Phi) is 3.11. The summed E-state index contributed by atoms with van der Waals surface area (Å²) < 4.78 is 0. The Balaban J connectivity index is 2.39. The first kappa shape index (κ1) is 9.54. The van der Waals surface area contributed by atoms with Crippen LogP contribution in [0.1, 0.15) is 13.3 Å². The molecule has 2 radical (unpaired) electrons. The number of carbonyl (C=O) groups is 1. The quantitative estimate of drug-likeness (QED) is 0.530. The Bertz CT molecular complexity index is 177. The third-order valence-corrected chi connectivity index (χ3v) is 2.07. The molecule has 12 heavy (non-hydrogen) atoms. The second kappa shape index (κ2) is 3.91. The van der Waals surface area contributed by atoms with Crippen LogP contribution in [0.3, 0.4) is 0 Å². The maximum absolute atomic E-state index is 10.4. The topological polar surface area (TPSA) is 52.6 Å². The maximum atomic E-state index is 10.4. The van der Waals surface area contributed by atoms with Gasteiger partial charge in [-0.05, 0) is 6.92 Å². The van der Waals surface area contributed by atoms with Crippen LogP contribution in [0.25, 0.3) is 0 Å². The summed E-state index contributed by atoms with van der Waals surface area (Å²) in [6, 6.07) is 0.277. The minimum atomic E-state index is -0.799. The first-order chi connectivity index (χ1) is 5.59. The second-order valence-electron chi connectivity index (χ2n) is 3.26. The lowest BCUT2D eigenvalue weighted by atomic mass is 10.0. The van der Waals surface area contributed by atoms with Crippen molar-refractivity contribution >= 4 is 14.0 Å². The lowest BCUT2D eigenvalue weighted by Gasteiger charge is -2.36. The molecule has 0 aliphatic carbocycles. The molecule has 2 N–H and O–H groups in total. The van der Waals surface area contributed by atoms with Gasteiger partial charge >= 0.3 is 5.97 Å². The molecule has 2 atom stereocenters. The van der Waals surface area contributed by atoms with E-state index < -0.39 is 5.97 Å². The summed E-state index contributed by atoms with van der Waals surface area (Å²) in [5.41, 5.74) is 0. The smallest absolute Gasteiger partial charge is 0.304 e. The zero-order chi connectivity index (χ0) is 9.14. The van der Waals surface area contributed by atoms with E-state index in [0.29, 0.717) is 19.1 Å². The Labute approximate surface area is 73.4 Å². The first-order valence-electron chi connectivity index (χ1n) is 4.06. The second-order valence-corrected chi connectivity index (χ2v) is 3.26. The minimum Gasteiger partial charge on any atom is -0.481 e. The van der Waals surface area contributed by atoms with Crippen molar-refractivity contribution in [1.82, 2.24) is 10.1 Å². The first-order valence-corrected chi connectivity index (χ1v) is 4.06. The van der Waals surface area contributed by atoms with Crippen molar-refractivity contribution in [2.75, 3.05) is 13.1 Å². The van der Waals surface area contributed by atoms with Gasteiger partial charge in [0.25, 0.3) is 0 Å². The van der Waals surface area contributed by atoms with Crippen LogP contribution < -0.4 is 5.32 Å². The number of hydrogen-bond donors (Lipinski definition) is 2. The minimum absolute atomic E-state index is 0.0706. The molecule has 0 spiro atoms. The van der Waals surface area contributed by atoms with Gasteiger partial charge in [0.05, 0.1) is 6.42 Å².